The van der Waals surface area contributed by atoms with E-state index in [1.54, 1.807) is 0 Å². The summed E-state index contributed by atoms with van der Waals surface area (Å²) in [5.74, 6) is 1.76. The van der Waals surface area contributed by atoms with Crippen LogP contribution in [0.4, 0.5) is 5.69 Å². The SMILES string of the molecule is c1cc2c(c(OCC3CCNCC3)c1)NCC2. The predicted octanol–water partition coefficient (Wildman–Crippen LogP) is 2.03. The molecule has 92 valence electrons. The molecule has 2 N–H and O–H groups in total. The summed E-state index contributed by atoms with van der Waals surface area (Å²) in [5.41, 5.74) is 2.62. The summed E-state index contributed by atoms with van der Waals surface area (Å²) in [5, 5.41) is 6.81. The van der Waals surface area contributed by atoms with E-state index in [9.17, 15) is 0 Å². The van der Waals surface area contributed by atoms with Gasteiger partial charge in [0.15, 0.2) is 0 Å². The molecule has 2 aliphatic heterocycles. The lowest BCUT2D eigenvalue weighted by Gasteiger charge is -2.23. The van der Waals surface area contributed by atoms with Gasteiger partial charge in [0.05, 0.1) is 12.3 Å². The Bertz CT molecular complexity index is 386. The lowest BCUT2D eigenvalue weighted by atomic mass is 9.99. The zero-order valence-corrected chi connectivity index (χ0v) is 10.2. The molecular weight excluding hydrogens is 212 g/mol. The highest BCUT2D eigenvalue weighted by molar-refractivity contribution is 5.65. The van der Waals surface area contributed by atoms with Gasteiger partial charge >= 0.3 is 0 Å². The van der Waals surface area contributed by atoms with Crippen molar-refractivity contribution in [1.82, 2.24) is 5.32 Å². The topological polar surface area (TPSA) is 33.3 Å². The van der Waals surface area contributed by atoms with Gasteiger partial charge in [-0.1, -0.05) is 12.1 Å². The van der Waals surface area contributed by atoms with Crippen LogP contribution in [0.2, 0.25) is 0 Å². The smallest absolute Gasteiger partial charge is 0.142 e. The first-order chi connectivity index (χ1) is 8.43. The molecule has 0 aromatic heterocycles. The summed E-state index contributed by atoms with van der Waals surface area (Å²) in [7, 11) is 0. The Balaban J connectivity index is 1.63. The quantitative estimate of drug-likeness (QED) is 0.836. The van der Waals surface area contributed by atoms with E-state index in [-0.39, 0.29) is 0 Å². The average Bonchev–Trinajstić information content (AvgIpc) is 2.86. The summed E-state index contributed by atoms with van der Waals surface area (Å²) in [6.45, 7) is 4.18. The molecule has 0 amide bonds. The van der Waals surface area contributed by atoms with Crippen molar-refractivity contribution < 1.29 is 4.74 Å². The van der Waals surface area contributed by atoms with Crippen LogP contribution >= 0.6 is 0 Å². The first-order valence-corrected chi connectivity index (χ1v) is 6.63. The number of piperidine rings is 1. The van der Waals surface area contributed by atoms with E-state index in [1.165, 1.54) is 24.1 Å². The molecule has 1 fully saturated rings. The lowest BCUT2D eigenvalue weighted by molar-refractivity contribution is 0.216. The van der Waals surface area contributed by atoms with Gasteiger partial charge in [0.1, 0.15) is 5.75 Å². The Hall–Kier alpha value is -1.22. The Kier molecular flexibility index (Phi) is 3.18. The van der Waals surface area contributed by atoms with Gasteiger partial charge in [0, 0.05) is 6.54 Å². The zero-order valence-electron chi connectivity index (χ0n) is 10.2. The average molecular weight is 232 g/mol. The standard InChI is InChI=1S/C14H20N2O/c1-2-12-6-9-16-14(12)13(3-1)17-10-11-4-7-15-8-5-11/h1-3,11,15-16H,4-10H2. The van der Waals surface area contributed by atoms with Crippen LogP contribution in [0.5, 0.6) is 5.75 Å². The second kappa shape index (κ2) is 4.96. The predicted molar refractivity (Wildman–Crippen MR) is 69.7 cm³/mol. The first kappa shape index (κ1) is 10.9. The van der Waals surface area contributed by atoms with Crippen LogP contribution in [0.1, 0.15) is 18.4 Å². The molecule has 2 aliphatic rings. The van der Waals surface area contributed by atoms with E-state index in [2.05, 4.69) is 28.8 Å². The number of nitrogens with one attached hydrogen (secondary N) is 2. The fraction of sp³-hybridized carbons (Fsp3) is 0.571. The minimum absolute atomic E-state index is 0.716. The number of hydrogen-bond acceptors (Lipinski definition) is 3. The molecule has 1 aromatic carbocycles. The molecular formula is C14H20N2O. The summed E-state index contributed by atoms with van der Waals surface area (Å²) >= 11 is 0. The Morgan fingerprint density at radius 2 is 2.06 bits per heavy atom. The number of rotatable bonds is 3. The van der Waals surface area contributed by atoms with Gasteiger partial charge in [-0.3, -0.25) is 0 Å². The molecule has 0 atom stereocenters. The second-order valence-electron chi connectivity index (χ2n) is 4.97. The number of benzene rings is 1. The van der Waals surface area contributed by atoms with Gasteiger partial charge in [-0.15, -0.1) is 0 Å². The van der Waals surface area contributed by atoms with Crippen LogP contribution in [0.3, 0.4) is 0 Å². The molecule has 0 unspecified atom stereocenters. The molecule has 0 bridgehead atoms. The van der Waals surface area contributed by atoms with E-state index in [0.717, 1.165) is 38.4 Å². The first-order valence-electron chi connectivity index (χ1n) is 6.63. The van der Waals surface area contributed by atoms with Crippen molar-refractivity contribution in [2.75, 3.05) is 31.6 Å². The maximum Gasteiger partial charge on any atom is 0.142 e. The Morgan fingerprint density at radius 1 is 1.18 bits per heavy atom. The fourth-order valence-corrected chi connectivity index (χ4v) is 2.68. The zero-order chi connectivity index (χ0) is 11.5. The van der Waals surface area contributed by atoms with Gasteiger partial charge in [-0.25, -0.2) is 0 Å². The van der Waals surface area contributed by atoms with Crippen molar-refractivity contribution in [1.29, 1.82) is 0 Å². The largest absolute Gasteiger partial charge is 0.491 e. The van der Waals surface area contributed by atoms with E-state index >= 15 is 0 Å². The monoisotopic (exact) mass is 232 g/mol. The fourth-order valence-electron chi connectivity index (χ4n) is 2.68. The Morgan fingerprint density at radius 3 is 2.94 bits per heavy atom. The van der Waals surface area contributed by atoms with Crippen molar-refractivity contribution in [2.24, 2.45) is 5.92 Å². The summed E-state index contributed by atoms with van der Waals surface area (Å²) in [6.07, 6.45) is 3.60. The highest BCUT2D eigenvalue weighted by Gasteiger charge is 2.17. The molecule has 0 saturated carbocycles. The van der Waals surface area contributed by atoms with Gasteiger partial charge < -0.3 is 15.4 Å². The molecule has 3 nitrogen and oxygen atoms in total. The highest BCUT2D eigenvalue weighted by Crippen LogP contribution is 2.33. The van der Waals surface area contributed by atoms with Crippen molar-refractivity contribution in [3.63, 3.8) is 0 Å². The third kappa shape index (κ3) is 2.39. The Labute approximate surface area is 103 Å². The number of anilines is 1. The summed E-state index contributed by atoms with van der Waals surface area (Å²) < 4.78 is 6.00. The van der Waals surface area contributed by atoms with E-state index < -0.39 is 0 Å². The van der Waals surface area contributed by atoms with Gasteiger partial charge in [0.2, 0.25) is 0 Å². The maximum atomic E-state index is 6.00. The minimum Gasteiger partial charge on any atom is -0.491 e. The molecule has 0 radical (unpaired) electrons. The molecule has 3 heteroatoms. The molecule has 2 heterocycles. The number of hydrogen-bond donors (Lipinski definition) is 2. The molecule has 0 spiro atoms. The lowest BCUT2D eigenvalue weighted by Crippen LogP contribution is -2.30. The molecule has 1 saturated heterocycles. The molecule has 3 rings (SSSR count). The number of ether oxygens (including phenoxy) is 1. The highest BCUT2D eigenvalue weighted by atomic mass is 16.5. The van der Waals surface area contributed by atoms with Crippen molar-refractivity contribution in [3.8, 4) is 5.75 Å². The third-order valence-electron chi connectivity index (χ3n) is 3.74. The van der Waals surface area contributed by atoms with Gasteiger partial charge in [-0.2, -0.15) is 0 Å². The van der Waals surface area contributed by atoms with Gasteiger partial charge in [0.25, 0.3) is 0 Å². The van der Waals surface area contributed by atoms with E-state index in [4.69, 9.17) is 4.74 Å². The van der Waals surface area contributed by atoms with Crippen molar-refractivity contribution >= 4 is 5.69 Å². The van der Waals surface area contributed by atoms with Crippen LogP contribution in [0.25, 0.3) is 0 Å². The molecule has 1 aromatic rings. The van der Waals surface area contributed by atoms with Crippen LogP contribution in [-0.2, 0) is 6.42 Å². The van der Waals surface area contributed by atoms with Crippen LogP contribution in [-0.4, -0.2) is 26.2 Å². The van der Waals surface area contributed by atoms with E-state index in [0.29, 0.717) is 5.92 Å². The van der Waals surface area contributed by atoms with Crippen LogP contribution < -0.4 is 15.4 Å². The van der Waals surface area contributed by atoms with Crippen LogP contribution in [0.15, 0.2) is 18.2 Å². The second-order valence-corrected chi connectivity index (χ2v) is 4.97. The van der Waals surface area contributed by atoms with Gasteiger partial charge in [-0.05, 0) is 49.9 Å². The normalized spacial score (nSPS) is 19.8. The minimum atomic E-state index is 0.716. The molecule has 0 aliphatic carbocycles. The number of fused-ring (bicyclic) bond motifs is 1. The molecule has 17 heavy (non-hydrogen) atoms. The summed E-state index contributed by atoms with van der Waals surface area (Å²) in [4.78, 5) is 0. The summed E-state index contributed by atoms with van der Waals surface area (Å²) in [6, 6.07) is 6.37. The maximum absolute atomic E-state index is 6.00. The number of para-hydroxylation sites is 1. The van der Waals surface area contributed by atoms with E-state index in [1.807, 2.05) is 0 Å². The van der Waals surface area contributed by atoms with Crippen molar-refractivity contribution in [2.45, 2.75) is 19.3 Å². The van der Waals surface area contributed by atoms with Crippen LogP contribution in [0, 0.1) is 5.92 Å². The third-order valence-corrected chi connectivity index (χ3v) is 3.74. The van der Waals surface area contributed by atoms with Crippen molar-refractivity contribution in [3.05, 3.63) is 23.8 Å².